The van der Waals surface area contributed by atoms with E-state index < -0.39 is 0 Å². The predicted molar refractivity (Wildman–Crippen MR) is 122 cm³/mol. The minimum absolute atomic E-state index is 0. The molecule has 0 aliphatic carbocycles. The maximum atomic E-state index is 11.2. The first kappa shape index (κ1) is 28.0. The second-order valence-corrected chi connectivity index (χ2v) is 6.64. The molecular weight excluding hydrogens is 500 g/mol. The first-order chi connectivity index (χ1) is 15.4. The number of methoxy groups -OCH3 is 4. The second-order valence-electron chi connectivity index (χ2n) is 6.64. The molecule has 4 rings (SSSR count). The van der Waals surface area contributed by atoms with Crippen LogP contribution < -0.4 is 29.2 Å². The summed E-state index contributed by atoms with van der Waals surface area (Å²) in [5, 5.41) is 25.1. The molecule has 4 aromatic rings. The molecule has 7 heteroatoms. The number of hydrogen-bond donors (Lipinski definition) is 0. The van der Waals surface area contributed by atoms with Gasteiger partial charge in [0.15, 0.2) is 0 Å². The van der Waals surface area contributed by atoms with Gasteiger partial charge in [-0.25, -0.2) is 0 Å². The normalized spacial score (nSPS) is 9.36. The van der Waals surface area contributed by atoms with Gasteiger partial charge in [0.2, 0.25) is 0 Å². The maximum Gasteiger partial charge on any atom is 3.00 e. The third-order valence-electron chi connectivity index (χ3n) is 4.53. The van der Waals surface area contributed by atoms with Gasteiger partial charge in [0, 0.05) is 0 Å². The second kappa shape index (κ2) is 14.2. The van der Waals surface area contributed by atoms with Crippen LogP contribution in [0.25, 0.3) is 10.8 Å². The summed E-state index contributed by atoms with van der Waals surface area (Å²) in [6.45, 7) is 2.12. The fourth-order valence-corrected chi connectivity index (χ4v) is 2.94. The summed E-state index contributed by atoms with van der Waals surface area (Å²) in [4.78, 5) is 0. The Labute approximate surface area is 213 Å². The van der Waals surface area contributed by atoms with Crippen LogP contribution in [-0.2, 0) is 26.2 Å². The third kappa shape index (κ3) is 7.79. The van der Waals surface area contributed by atoms with Crippen molar-refractivity contribution in [3.63, 3.8) is 0 Å². The van der Waals surface area contributed by atoms with E-state index >= 15 is 0 Å². The van der Waals surface area contributed by atoms with Gasteiger partial charge in [-0.2, -0.15) is 6.07 Å². The van der Waals surface area contributed by atoms with E-state index in [-0.39, 0.29) is 37.7 Å². The molecule has 171 valence electrons. The van der Waals surface area contributed by atoms with E-state index in [1.807, 2.05) is 0 Å². The van der Waals surface area contributed by atoms with Crippen molar-refractivity contribution in [2.75, 3.05) is 28.4 Å². The van der Waals surface area contributed by atoms with Gasteiger partial charge in [0.1, 0.15) is 23.0 Å². The SMILES string of the molecule is COc1cccc(OC)c1[O-].COc1cccc(OC)c1[O-].Cc1cc2ccccc2[cH-]1.[Zr+3]. The van der Waals surface area contributed by atoms with E-state index in [9.17, 15) is 10.2 Å². The molecule has 0 heterocycles. The van der Waals surface area contributed by atoms with Gasteiger partial charge in [-0.05, 0) is 35.8 Å². The number of aryl methyl sites for hydroxylation is 1. The smallest absolute Gasteiger partial charge is 0.867 e. The van der Waals surface area contributed by atoms with Crippen molar-refractivity contribution in [1.29, 1.82) is 0 Å². The fraction of sp³-hybridized carbons (Fsp3) is 0.192. The van der Waals surface area contributed by atoms with Gasteiger partial charge >= 0.3 is 26.2 Å². The Morgan fingerprint density at radius 1 is 0.606 bits per heavy atom. The van der Waals surface area contributed by atoms with Gasteiger partial charge in [0.05, 0.1) is 28.4 Å². The van der Waals surface area contributed by atoms with E-state index in [1.54, 1.807) is 36.4 Å². The standard InChI is InChI=1S/C10H9.2C8H10O3.Zr/c1-8-6-9-4-2-3-5-10(9)7-8;2*1-10-6-4-3-5-7(11-2)8(6)9;/h2-7H,1H3;2*3-5,9H,1-2H3;/q-1;;;+3/p-2. The quantitative estimate of drug-likeness (QED) is 0.366. The minimum atomic E-state index is -0.211. The zero-order valence-corrected chi connectivity index (χ0v) is 21.8. The summed E-state index contributed by atoms with van der Waals surface area (Å²) < 4.78 is 19.2. The van der Waals surface area contributed by atoms with Gasteiger partial charge < -0.3 is 29.2 Å². The van der Waals surface area contributed by atoms with Crippen LogP contribution in [-0.4, -0.2) is 28.4 Å². The molecule has 0 saturated carbocycles. The van der Waals surface area contributed by atoms with E-state index in [0.717, 1.165) is 0 Å². The molecule has 0 amide bonds. The molecule has 33 heavy (non-hydrogen) atoms. The molecule has 4 aromatic carbocycles. The van der Waals surface area contributed by atoms with Gasteiger partial charge in [-0.15, -0.1) is 40.6 Å². The van der Waals surface area contributed by atoms with Crippen molar-refractivity contribution < 1.29 is 55.4 Å². The fourth-order valence-electron chi connectivity index (χ4n) is 2.94. The zero-order chi connectivity index (χ0) is 23.5. The average Bonchev–Trinajstić information content (AvgIpc) is 3.20. The molecule has 6 nitrogen and oxygen atoms in total. The zero-order valence-electron chi connectivity index (χ0n) is 19.4. The van der Waals surface area contributed by atoms with Crippen molar-refractivity contribution in [3.05, 3.63) is 78.4 Å². The molecular formula is C26H27O6Zr. The summed E-state index contributed by atoms with van der Waals surface area (Å²) >= 11 is 0. The topological polar surface area (TPSA) is 83.0 Å². The molecule has 0 aliphatic rings. The number of para-hydroxylation sites is 2. The largest absolute Gasteiger partial charge is 3.00 e. The van der Waals surface area contributed by atoms with Crippen molar-refractivity contribution in [2.24, 2.45) is 0 Å². The van der Waals surface area contributed by atoms with E-state index in [0.29, 0.717) is 23.0 Å². The molecule has 0 aliphatic heterocycles. The van der Waals surface area contributed by atoms with Crippen molar-refractivity contribution in [1.82, 2.24) is 0 Å². The molecule has 1 radical (unpaired) electrons. The number of hydrogen-bond acceptors (Lipinski definition) is 6. The Balaban J connectivity index is 0.000000244. The van der Waals surface area contributed by atoms with E-state index in [2.05, 4.69) is 43.3 Å². The summed E-state index contributed by atoms with van der Waals surface area (Å²) in [5.74, 6) is 0.817. The third-order valence-corrected chi connectivity index (χ3v) is 4.53. The first-order valence-corrected chi connectivity index (χ1v) is 9.83. The van der Waals surface area contributed by atoms with Crippen LogP contribution in [0.15, 0.2) is 72.8 Å². The van der Waals surface area contributed by atoms with Gasteiger partial charge in [0.25, 0.3) is 0 Å². The predicted octanol–water partition coefficient (Wildman–Crippen LogP) is 4.42. The van der Waals surface area contributed by atoms with Crippen molar-refractivity contribution in [2.45, 2.75) is 6.92 Å². The minimum Gasteiger partial charge on any atom is -0.867 e. The Morgan fingerprint density at radius 3 is 1.36 bits per heavy atom. The first-order valence-electron chi connectivity index (χ1n) is 9.83. The number of ether oxygens (including phenoxy) is 4. The van der Waals surface area contributed by atoms with Crippen LogP contribution in [0.5, 0.6) is 34.5 Å². The molecule has 0 unspecified atom stereocenters. The molecule has 0 bridgehead atoms. The van der Waals surface area contributed by atoms with Crippen LogP contribution >= 0.6 is 0 Å². The summed E-state index contributed by atoms with van der Waals surface area (Å²) in [6, 6.07) is 22.7. The van der Waals surface area contributed by atoms with Crippen molar-refractivity contribution >= 4 is 10.8 Å². The number of benzene rings is 3. The van der Waals surface area contributed by atoms with Crippen LogP contribution in [0.4, 0.5) is 0 Å². The molecule has 0 aromatic heterocycles. The molecule has 0 atom stereocenters. The summed E-state index contributed by atoms with van der Waals surface area (Å²) in [6.07, 6.45) is 0. The van der Waals surface area contributed by atoms with Crippen LogP contribution in [0.3, 0.4) is 0 Å². The Morgan fingerprint density at radius 2 is 1.00 bits per heavy atom. The van der Waals surface area contributed by atoms with E-state index in [1.165, 1.54) is 44.8 Å². The molecule has 0 fully saturated rings. The maximum absolute atomic E-state index is 11.2. The average molecular weight is 527 g/mol. The molecule has 0 saturated heterocycles. The van der Waals surface area contributed by atoms with Crippen molar-refractivity contribution in [3.8, 4) is 34.5 Å². The number of rotatable bonds is 4. The summed E-state index contributed by atoms with van der Waals surface area (Å²) in [5.41, 5.74) is 1.35. The Hall–Kier alpha value is -3.05. The molecule has 0 N–H and O–H groups in total. The van der Waals surface area contributed by atoms with Gasteiger partial charge in [-0.3, -0.25) is 0 Å². The van der Waals surface area contributed by atoms with Crippen LogP contribution in [0.2, 0.25) is 0 Å². The van der Waals surface area contributed by atoms with Crippen LogP contribution in [0.1, 0.15) is 5.56 Å². The summed E-state index contributed by atoms with van der Waals surface area (Å²) in [7, 11) is 5.82. The van der Waals surface area contributed by atoms with Gasteiger partial charge in [-0.1, -0.05) is 25.1 Å². The molecule has 0 spiro atoms. The van der Waals surface area contributed by atoms with Crippen LogP contribution in [0, 0.1) is 6.92 Å². The Kier molecular flexibility index (Phi) is 12.0. The monoisotopic (exact) mass is 525 g/mol. The number of fused-ring (bicyclic) bond motifs is 1. The Bertz CT molecular complexity index is 992. The van der Waals surface area contributed by atoms with E-state index in [4.69, 9.17) is 18.9 Å².